The zero-order valence-corrected chi connectivity index (χ0v) is 11.2. The molecule has 0 aliphatic carbocycles. The maximum absolute atomic E-state index is 12.8. The van der Waals surface area contributed by atoms with Crippen LogP contribution < -0.4 is 11.2 Å². The molecule has 0 spiro atoms. The lowest BCUT2D eigenvalue weighted by Gasteiger charge is -2.13. The van der Waals surface area contributed by atoms with Crippen molar-refractivity contribution in [2.75, 3.05) is 0 Å². The largest absolute Gasteiger partial charge is 0.387 e. The topological polar surface area (TPSA) is 88.0 Å². The van der Waals surface area contributed by atoms with Gasteiger partial charge in [-0.1, -0.05) is 12.1 Å². The van der Waals surface area contributed by atoms with Crippen LogP contribution in [-0.4, -0.2) is 14.2 Å². The van der Waals surface area contributed by atoms with Crippen LogP contribution >= 0.6 is 0 Å². The number of rotatable bonds is 3. The Balaban J connectivity index is 2.42. The van der Waals surface area contributed by atoms with Crippen molar-refractivity contribution in [3.63, 3.8) is 0 Å². The van der Waals surface area contributed by atoms with E-state index in [0.717, 1.165) is 15.3 Å². The number of aryl methyl sites for hydroxylation is 1. The first-order valence-electron chi connectivity index (χ1n) is 6.08. The summed E-state index contributed by atoms with van der Waals surface area (Å²) in [6.45, 7) is -0.313. The van der Waals surface area contributed by atoms with E-state index in [1.807, 2.05) is 0 Å². The Hall–Kier alpha value is -2.72. The third-order valence-electron chi connectivity index (χ3n) is 3.06. The van der Waals surface area contributed by atoms with Gasteiger partial charge in [0, 0.05) is 13.2 Å². The minimum absolute atomic E-state index is 0.191. The molecule has 1 heterocycles. The Morgan fingerprint density at radius 3 is 2.52 bits per heavy atom. The average Bonchev–Trinajstić information content (AvgIpc) is 2.47. The normalized spacial score (nSPS) is 11.9. The maximum atomic E-state index is 12.8. The van der Waals surface area contributed by atoms with E-state index >= 15 is 0 Å². The summed E-state index contributed by atoms with van der Waals surface area (Å²) in [5.74, 6) is -0.453. The van der Waals surface area contributed by atoms with E-state index in [4.69, 9.17) is 5.26 Å². The lowest BCUT2D eigenvalue weighted by molar-refractivity contribution is 0.152. The molecule has 0 aliphatic heterocycles. The van der Waals surface area contributed by atoms with E-state index in [2.05, 4.69) is 0 Å². The number of aliphatic hydroxyl groups excluding tert-OH is 1. The molecule has 0 saturated heterocycles. The maximum Gasteiger partial charge on any atom is 0.330 e. The van der Waals surface area contributed by atoms with Crippen molar-refractivity contribution in [1.29, 1.82) is 5.26 Å². The second kappa shape index (κ2) is 5.73. The van der Waals surface area contributed by atoms with Crippen LogP contribution in [0.3, 0.4) is 0 Å². The first-order chi connectivity index (χ1) is 9.93. The van der Waals surface area contributed by atoms with E-state index in [1.54, 1.807) is 6.07 Å². The van der Waals surface area contributed by atoms with E-state index < -0.39 is 23.2 Å². The number of hydrogen-bond donors (Lipinski definition) is 1. The van der Waals surface area contributed by atoms with Crippen LogP contribution in [0.4, 0.5) is 4.39 Å². The molecule has 108 valence electrons. The standard InChI is InChI=1S/C14H12FN3O3/c1-17-7-10(6-16)13(20)18(14(17)21)8-12(19)9-2-4-11(15)5-3-9/h2-5,7,12,19H,8H2,1H3/t12-/m0/s1. The third-order valence-corrected chi connectivity index (χ3v) is 3.06. The van der Waals surface area contributed by atoms with Gasteiger partial charge in [-0.2, -0.15) is 5.26 Å². The van der Waals surface area contributed by atoms with Gasteiger partial charge < -0.3 is 9.67 Å². The van der Waals surface area contributed by atoms with Gasteiger partial charge in [0.2, 0.25) is 0 Å². The second-order valence-corrected chi connectivity index (χ2v) is 4.53. The minimum Gasteiger partial charge on any atom is -0.387 e. The minimum atomic E-state index is -1.16. The zero-order chi connectivity index (χ0) is 15.6. The van der Waals surface area contributed by atoms with E-state index in [-0.39, 0.29) is 12.1 Å². The van der Waals surface area contributed by atoms with E-state index in [9.17, 15) is 19.1 Å². The SMILES string of the molecule is Cn1cc(C#N)c(=O)n(C[C@H](O)c2ccc(F)cc2)c1=O. The Labute approximate surface area is 118 Å². The van der Waals surface area contributed by atoms with Crippen LogP contribution in [0.15, 0.2) is 40.1 Å². The fourth-order valence-electron chi connectivity index (χ4n) is 1.93. The van der Waals surface area contributed by atoms with Crippen molar-refractivity contribution in [1.82, 2.24) is 9.13 Å². The summed E-state index contributed by atoms with van der Waals surface area (Å²) in [6, 6.07) is 6.77. The number of aromatic nitrogens is 2. The number of aliphatic hydroxyl groups is 1. The summed E-state index contributed by atoms with van der Waals surface area (Å²) < 4.78 is 14.7. The second-order valence-electron chi connectivity index (χ2n) is 4.53. The highest BCUT2D eigenvalue weighted by atomic mass is 19.1. The van der Waals surface area contributed by atoms with Crippen LogP contribution in [0.25, 0.3) is 0 Å². The highest BCUT2D eigenvalue weighted by Crippen LogP contribution is 2.14. The van der Waals surface area contributed by atoms with E-state index in [0.29, 0.717) is 5.56 Å². The quantitative estimate of drug-likeness (QED) is 0.879. The van der Waals surface area contributed by atoms with Crippen molar-refractivity contribution in [3.8, 4) is 6.07 Å². The van der Waals surface area contributed by atoms with Crippen LogP contribution in [-0.2, 0) is 13.6 Å². The molecule has 21 heavy (non-hydrogen) atoms. The monoisotopic (exact) mass is 289 g/mol. The van der Waals surface area contributed by atoms with Crippen LogP contribution in [0.2, 0.25) is 0 Å². The summed E-state index contributed by atoms with van der Waals surface area (Å²) in [5.41, 5.74) is -1.22. The predicted molar refractivity (Wildman–Crippen MR) is 72.0 cm³/mol. The average molecular weight is 289 g/mol. The first-order valence-corrected chi connectivity index (χ1v) is 6.08. The molecule has 7 heteroatoms. The molecule has 0 saturated carbocycles. The Morgan fingerprint density at radius 2 is 1.95 bits per heavy atom. The van der Waals surface area contributed by atoms with Gasteiger partial charge in [0.15, 0.2) is 0 Å². The molecule has 1 atom stereocenters. The van der Waals surface area contributed by atoms with Gasteiger partial charge in [-0.25, -0.2) is 9.18 Å². The molecule has 2 rings (SSSR count). The van der Waals surface area contributed by atoms with Crippen molar-refractivity contribution in [2.24, 2.45) is 7.05 Å². The fourth-order valence-corrected chi connectivity index (χ4v) is 1.93. The summed E-state index contributed by atoms with van der Waals surface area (Å²) in [4.78, 5) is 23.9. The van der Waals surface area contributed by atoms with E-state index in [1.165, 1.54) is 31.3 Å². The smallest absolute Gasteiger partial charge is 0.330 e. The van der Waals surface area contributed by atoms with Crippen LogP contribution in [0.5, 0.6) is 0 Å². The van der Waals surface area contributed by atoms with Gasteiger partial charge in [0.25, 0.3) is 5.56 Å². The molecule has 0 unspecified atom stereocenters. The lowest BCUT2D eigenvalue weighted by atomic mass is 10.1. The molecule has 0 radical (unpaired) electrons. The number of nitriles is 1. The number of nitrogens with zero attached hydrogens (tertiary/aromatic N) is 3. The Bertz CT molecular complexity index is 815. The number of hydrogen-bond acceptors (Lipinski definition) is 4. The molecular formula is C14H12FN3O3. The van der Waals surface area contributed by atoms with Crippen molar-refractivity contribution >= 4 is 0 Å². The molecule has 1 N–H and O–H groups in total. The molecule has 0 fully saturated rings. The molecular weight excluding hydrogens is 277 g/mol. The summed E-state index contributed by atoms with van der Waals surface area (Å²) in [5, 5.41) is 18.9. The molecule has 2 aromatic rings. The number of halogens is 1. The predicted octanol–water partition coefficient (Wildman–Crippen LogP) is 0.291. The molecule has 0 amide bonds. The van der Waals surface area contributed by atoms with Crippen LogP contribution in [0, 0.1) is 17.1 Å². The summed E-state index contributed by atoms with van der Waals surface area (Å²) in [6.07, 6.45) is -0.0178. The summed E-state index contributed by atoms with van der Waals surface area (Å²) >= 11 is 0. The Kier molecular flexibility index (Phi) is 4.00. The lowest BCUT2D eigenvalue weighted by Crippen LogP contribution is -2.41. The van der Waals surface area contributed by atoms with Gasteiger partial charge >= 0.3 is 5.69 Å². The molecule has 6 nitrogen and oxygen atoms in total. The fraction of sp³-hybridized carbons (Fsp3) is 0.214. The van der Waals surface area contributed by atoms with Gasteiger partial charge in [-0.15, -0.1) is 0 Å². The van der Waals surface area contributed by atoms with Crippen molar-refractivity contribution in [2.45, 2.75) is 12.6 Å². The van der Waals surface area contributed by atoms with Gasteiger partial charge in [-0.05, 0) is 17.7 Å². The third kappa shape index (κ3) is 2.90. The Morgan fingerprint density at radius 1 is 1.33 bits per heavy atom. The molecule has 1 aromatic carbocycles. The molecule has 0 bridgehead atoms. The molecule has 0 aliphatic rings. The first kappa shape index (κ1) is 14.7. The number of benzene rings is 1. The summed E-state index contributed by atoms with van der Waals surface area (Å²) in [7, 11) is 1.41. The highest BCUT2D eigenvalue weighted by molar-refractivity contribution is 5.23. The molecule has 1 aromatic heterocycles. The highest BCUT2D eigenvalue weighted by Gasteiger charge is 2.15. The van der Waals surface area contributed by atoms with Crippen molar-refractivity contribution < 1.29 is 9.50 Å². The van der Waals surface area contributed by atoms with Gasteiger partial charge in [-0.3, -0.25) is 9.36 Å². The van der Waals surface area contributed by atoms with Gasteiger partial charge in [0.05, 0.1) is 12.6 Å². The zero-order valence-electron chi connectivity index (χ0n) is 11.2. The van der Waals surface area contributed by atoms with Crippen molar-refractivity contribution in [3.05, 3.63) is 68.2 Å². The van der Waals surface area contributed by atoms with Crippen LogP contribution in [0.1, 0.15) is 17.2 Å². The van der Waals surface area contributed by atoms with Gasteiger partial charge in [0.1, 0.15) is 17.4 Å².